The Kier molecular flexibility index (Phi) is 8.22. The number of nitrogens with zero attached hydrogens (tertiary/aromatic N) is 2. The van der Waals surface area contributed by atoms with Crippen LogP contribution in [0.5, 0.6) is 0 Å². The summed E-state index contributed by atoms with van der Waals surface area (Å²) in [6.07, 6.45) is 4.37. The number of amides is 4. The SMILES string of the molecule is Cc1ccc(NC(=O)C(=O)NCc2ccc(/C=N/NC(=O)C(=O)NCc3cccnc3)o2)cc1. The zero-order valence-electron chi connectivity index (χ0n) is 18.2. The number of aryl methyl sites for hydroxylation is 1. The van der Waals surface area contributed by atoms with Crippen molar-refractivity contribution in [2.24, 2.45) is 5.10 Å². The molecule has 3 rings (SSSR count). The first-order chi connectivity index (χ1) is 16.4. The van der Waals surface area contributed by atoms with Crippen LogP contribution in [0.15, 0.2) is 70.4 Å². The predicted molar refractivity (Wildman–Crippen MR) is 122 cm³/mol. The van der Waals surface area contributed by atoms with Gasteiger partial charge in [-0.25, -0.2) is 5.43 Å². The smallest absolute Gasteiger partial charge is 0.329 e. The van der Waals surface area contributed by atoms with E-state index >= 15 is 0 Å². The number of rotatable bonds is 7. The number of aromatic nitrogens is 1. The Morgan fingerprint density at radius 2 is 1.65 bits per heavy atom. The van der Waals surface area contributed by atoms with Gasteiger partial charge in [0, 0.05) is 24.6 Å². The highest BCUT2D eigenvalue weighted by molar-refractivity contribution is 6.39. The standard InChI is InChI=1S/C23H22N6O5/c1-15-4-6-17(7-5-15)28-22(32)20(30)26-13-18-8-9-19(34-18)14-27-29-23(33)21(31)25-12-16-3-2-10-24-11-16/h2-11,14H,12-13H2,1H3,(H,25,31)(H,26,30)(H,28,32)(H,29,33)/b27-14+. The molecule has 1 aromatic carbocycles. The summed E-state index contributed by atoms with van der Waals surface area (Å²) in [6.45, 7) is 2.04. The molecule has 0 atom stereocenters. The van der Waals surface area contributed by atoms with Gasteiger partial charge in [0.2, 0.25) is 0 Å². The lowest BCUT2D eigenvalue weighted by Crippen LogP contribution is -2.37. The lowest BCUT2D eigenvalue weighted by molar-refractivity contribution is -0.139. The largest absolute Gasteiger partial charge is 0.458 e. The van der Waals surface area contributed by atoms with Gasteiger partial charge in [-0.1, -0.05) is 23.8 Å². The lowest BCUT2D eigenvalue weighted by Gasteiger charge is -2.05. The van der Waals surface area contributed by atoms with Crippen LogP contribution in [0, 0.1) is 6.92 Å². The first-order valence-electron chi connectivity index (χ1n) is 10.2. The van der Waals surface area contributed by atoms with Crippen LogP contribution in [-0.4, -0.2) is 34.8 Å². The first kappa shape index (κ1) is 23.9. The van der Waals surface area contributed by atoms with Crippen molar-refractivity contribution in [3.63, 3.8) is 0 Å². The Morgan fingerprint density at radius 1 is 0.912 bits per heavy atom. The summed E-state index contributed by atoms with van der Waals surface area (Å²) in [5.41, 5.74) is 4.37. The Hall–Kier alpha value is -4.80. The van der Waals surface area contributed by atoms with Crippen LogP contribution in [0.2, 0.25) is 0 Å². The van der Waals surface area contributed by atoms with Crippen molar-refractivity contribution in [3.05, 3.63) is 83.6 Å². The van der Waals surface area contributed by atoms with Gasteiger partial charge < -0.3 is 20.4 Å². The number of hydrogen-bond acceptors (Lipinski definition) is 7. The summed E-state index contributed by atoms with van der Waals surface area (Å²) >= 11 is 0. The van der Waals surface area contributed by atoms with E-state index in [2.05, 4.69) is 31.5 Å². The van der Waals surface area contributed by atoms with Crippen molar-refractivity contribution >= 4 is 35.5 Å². The molecule has 4 amide bonds. The van der Waals surface area contributed by atoms with E-state index < -0.39 is 23.6 Å². The van der Waals surface area contributed by atoms with Gasteiger partial charge in [-0.3, -0.25) is 24.2 Å². The summed E-state index contributed by atoms with van der Waals surface area (Å²) in [6, 6.07) is 13.6. The van der Waals surface area contributed by atoms with Crippen LogP contribution >= 0.6 is 0 Å². The van der Waals surface area contributed by atoms with Crippen LogP contribution < -0.4 is 21.4 Å². The third kappa shape index (κ3) is 7.41. The molecular weight excluding hydrogens is 440 g/mol. The minimum Gasteiger partial charge on any atom is -0.458 e. The van der Waals surface area contributed by atoms with Gasteiger partial charge in [0.1, 0.15) is 11.5 Å². The van der Waals surface area contributed by atoms with E-state index in [9.17, 15) is 19.2 Å². The van der Waals surface area contributed by atoms with Gasteiger partial charge >= 0.3 is 23.6 Å². The average molecular weight is 462 g/mol. The maximum absolute atomic E-state index is 12.0. The predicted octanol–water partition coefficient (Wildman–Crippen LogP) is 1.00. The zero-order valence-corrected chi connectivity index (χ0v) is 18.2. The normalized spacial score (nSPS) is 10.5. The molecule has 0 spiro atoms. The third-order valence-electron chi connectivity index (χ3n) is 4.36. The monoisotopic (exact) mass is 462 g/mol. The summed E-state index contributed by atoms with van der Waals surface area (Å²) in [5, 5.41) is 11.1. The lowest BCUT2D eigenvalue weighted by atomic mass is 10.2. The number of hydrogen-bond donors (Lipinski definition) is 4. The highest BCUT2D eigenvalue weighted by Crippen LogP contribution is 2.09. The van der Waals surface area contributed by atoms with Crippen molar-refractivity contribution in [1.29, 1.82) is 0 Å². The summed E-state index contributed by atoms with van der Waals surface area (Å²) in [7, 11) is 0. The quantitative estimate of drug-likeness (QED) is 0.233. The molecular formula is C23H22N6O5. The number of anilines is 1. The van der Waals surface area contributed by atoms with Gasteiger partial charge in [-0.2, -0.15) is 5.10 Å². The Morgan fingerprint density at radius 3 is 2.38 bits per heavy atom. The van der Waals surface area contributed by atoms with E-state index in [1.165, 1.54) is 6.21 Å². The number of carbonyl (C=O) groups is 4. The van der Waals surface area contributed by atoms with Crippen LogP contribution in [0.4, 0.5) is 5.69 Å². The fourth-order valence-electron chi connectivity index (χ4n) is 2.60. The second-order valence-corrected chi connectivity index (χ2v) is 7.05. The van der Waals surface area contributed by atoms with Gasteiger partial charge in [-0.05, 0) is 42.8 Å². The molecule has 2 aromatic heterocycles. The molecule has 0 saturated carbocycles. The van der Waals surface area contributed by atoms with Crippen LogP contribution in [0.3, 0.4) is 0 Å². The molecule has 4 N–H and O–H groups in total. The van der Waals surface area contributed by atoms with Crippen molar-refractivity contribution < 1.29 is 23.6 Å². The topological polar surface area (TPSA) is 155 Å². The Bertz CT molecular complexity index is 1190. The highest BCUT2D eigenvalue weighted by Gasteiger charge is 2.14. The third-order valence-corrected chi connectivity index (χ3v) is 4.36. The molecule has 3 aromatic rings. The van der Waals surface area contributed by atoms with Crippen LogP contribution in [0.25, 0.3) is 0 Å². The average Bonchev–Trinajstić information content (AvgIpc) is 3.30. The van der Waals surface area contributed by atoms with E-state index in [4.69, 9.17) is 4.42 Å². The number of benzene rings is 1. The van der Waals surface area contributed by atoms with Crippen molar-refractivity contribution in [1.82, 2.24) is 21.0 Å². The molecule has 0 aliphatic heterocycles. The van der Waals surface area contributed by atoms with Gasteiger partial charge in [0.25, 0.3) is 0 Å². The van der Waals surface area contributed by atoms with Crippen LogP contribution in [0.1, 0.15) is 22.6 Å². The maximum atomic E-state index is 12.0. The molecule has 0 radical (unpaired) electrons. The molecule has 0 saturated heterocycles. The van der Waals surface area contributed by atoms with E-state index in [1.807, 2.05) is 19.1 Å². The summed E-state index contributed by atoms with van der Waals surface area (Å²) in [4.78, 5) is 51.4. The fraction of sp³-hybridized carbons (Fsp3) is 0.130. The van der Waals surface area contributed by atoms with E-state index in [1.54, 1.807) is 48.8 Å². The Balaban J connectivity index is 1.39. The molecule has 11 heteroatoms. The molecule has 174 valence electrons. The second-order valence-electron chi connectivity index (χ2n) is 7.05. The molecule has 11 nitrogen and oxygen atoms in total. The molecule has 34 heavy (non-hydrogen) atoms. The Labute approximate surface area is 194 Å². The molecule has 2 heterocycles. The fourth-order valence-corrected chi connectivity index (χ4v) is 2.60. The van der Waals surface area contributed by atoms with Gasteiger partial charge in [-0.15, -0.1) is 0 Å². The van der Waals surface area contributed by atoms with Gasteiger partial charge in [0.15, 0.2) is 0 Å². The molecule has 0 aliphatic carbocycles. The van der Waals surface area contributed by atoms with E-state index in [-0.39, 0.29) is 18.8 Å². The van der Waals surface area contributed by atoms with Crippen molar-refractivity contribution in [2.45, 2.75) is 20.0 Å². The molecule has 0 fully saturated rings. The number of furan rings is 1. The van der Waals surface area contributed by atoms with Gasteiger partial charge in [0.05, 0.1) is 12.8 Å². The number of pyridine rings is 1. The van der Waals surface area contributed by atoms with Crippen molar-refractivity contribution in [2.75, 3.05) is 5.32 Å². The first-order valence-corrected chi connectivity index (χ1v) is 10.2. The summed E-state index contributed by atoms with van der Waals surface area (Å²) < 4.78 is 5.44. The minimum absolute atomic E-state index is 0.0307. The summed E-state index contributed by atoms with van der Waals surface area (Å²) in [5.74, 6) is -2.80. The van der Waals surface area contributed by atoms with Crippen molar-refractivity contribution in [3.8, 4) is 0 Å². The van der Waals surface area contributed by atoms with E-state index in [0.717, 1.165) is 11.1 Å². The van der Waals surface area contributed by atoms with Crippen LogP contribution in [-0.2, 0) is 32.3 Å². The molecule has 0 unspecified atom stereocenters. The number of hydrazone groups is 1. The molecule has 0 bridgehead atoms. The second kappa shape index (κ2) is 11.7. The maximum Gasteiger partial charge on any atom is 0.329 e. The van der Waals surface area contributed by atoms with E-state index in [0.29, 0.717) is 11.4 Å². The molecule has 0 aliphatic rings. The minimum atomic E-state index is -0.946. The number of carbonyl (C=O) groups excluding carboxylic acids is 4. The zero-order chi connectivity index (χ0) is 24.3. The number of nitrogens with one attached hydrogen (secondary N) is 4. The highest BCUT2D eigenvalue weighted by atomic mass is 16.3.